The molecule has 21 heavy (non-hydrogen) atoms. The summed E-state index contributed by atoms with van der Waals surface area (Å²) in [6, 6.07) is 8.11. The van der Waals surface area contributed by atoms with Crippen molar-refractivity contribution in [2.75, 3.05) is 6.61 Å². The van der Waals surface area contributed by atoms with Crippen LogP contribution in [0.4, 0.5) is 0 Å². The van der Waals surface area contributed by atoms with Gasteiger partial charge in [-0.1, -0.05) is 30.7 Å². The molecule has 1 heterocycles. The van der Waals surface area contributed by atoms with E-state index in [1.165, 1.54) is 5.56 Å². The van der Waals surface area contributed by atoms with E-state index in [1.807, 2.05) is 30.8 Å². The zero-order valence-corrected chi connectivity index (χ0v) is 13.6. The Morgan fingerprint density at radius 3 is 2.76 bits per heavy atom. The highest BCUT2D eigenvalue weighted by molar-refractivity contribution is 6.31. The number of ether oxygens (including phenoxy) is 1. The Labute approximate surface area is 131 Å². The molecule has 0 aliphatic heterocycles. The second-order valence-corrected chi connectivity index (χ2v) is 5.25. The number of aryl methyl sites for hydroxylation is 2. The van der Waals surface area contributed by atoms with Crippen LogP contribution in [0.2, 0.25) is 5.02 Å². The van der Waals surface area contributed by atoms with Crippen molar-refractivity contribution < 1.29 is 4.74 Å². The van der Waals surface area contributed by atoms with Crippen LogP contribution in [0.5, 0.6) is 5.75 Å². The van der Waals surface area contributed by atoms with Crippen LogP contribution in [-0.4, -0.2) is 16.4 Å². The lowest BCUT2D eigenvalue weighted by atomic mass is 10.2. The van der Waals surface area contributed by atoms with E-state index in [9.17, 15) is 0 Å². The SMILES string of the molecule is CCOc1cccc(CNCc2c(Cl)c(CC)nn2C)c1. The molecule has 0 bridgehead atoms. The van der Waals surface area contributed by atoms with Gasteiger partial charge >= 0.3 is 0 Å². The minimum Gasteiger partial charge on any atom is -0.494 e. The van der Waals surface area contributed by atoms with E-state index in [0.29, 0.717) is 13.2 Å². The lowest BCUT2D eigenvalue weighted by molar-refractivity contribution is 0.340. The number of nitrogens with one attached hydrogen (secondary N) is 1. The maximum atomic E-state index is 6.33. The van der Waals surface area contributed by atoms with E-state index < -0.39 is 0 Å². The van der Waals surface area contributed by atoms with Gasteiger partial charge in [0.25, 0.3) is 0 Å². The van der Waals surface area contributed by atoms with Crippen molar-refractivity contribution >= 4 is 11.6 Å². The van der Waals surface area contributed by atoms with Gasteiger partial charge in [0, 0.05) is 20.1 Å². The Bertz CT molecular complexity index is 595. The molecule has 0 unspecified atom stereocenters. The Hall–Kier alpha value is -1.52. The van der Waals surface area contributed by atoms with E-state index in [-0.39, 0.29) is 0 Å². The van der Waals surface area contributed by atoms with Crippen LogP contribution < -0.4 is 10.1 Å². The summed E-state index contributed by atoms with van der Waals surface area (Å²) in [4.78, 5) is 0. The molecule has 0 spiro atoms. The van der Waals surface area contributed by atoms with Crippen molar-refractivity contribution in [3.05, 3.63) is 46.2 Å². The van der Waals surface area contributed by atoms with Gasteiger partial charge in [0.05, 0.1) is 23.0 Å². The van der Waals surface area contributed by atoms with Crippen molar-refractivity contribution in [3.8, 4) is 5.75 Å². The summed E-state index contributed by atoms with van der Waals surface area (Å²) in [5.41, 5.74) is 3.17. The highest BCUT2D eigenvalue weighted by Gasteiger charge is 2.12. The van der Waals surface area contributed by atoms with Crippen LogP contribution in [0, 0.1) is 0 Å². The van der Waals surface area contributed by atoms with Gasteiger partial charge in [0.1, 0.15) is 5.75 Å². The van der Waals surface area contributed by atoms with E-state index in [0.717, 1.165) is 35.1 Å². The molecule has 0 saturated carbocycles. The number of rotatable bonds is 7. The lowest BCUT2D eigenvalue weighted by Gasteiger charge is -2.08. The second-order valence-electron chi connectivity index (χ2n) is 4.87. The third-order valence-electron chi connectivity index (χ3n) is 3.33. The third-order valence-corrected chi connectivity index (χ3v) is 3.77. The quantitative estimate of drug-likeness (QED) is 0.853. The van der Waals surface area contributed by atoms with Crippen LogP contribution in [0.1, 0.15) is 30.8 Å². The van der Waals surface area contributed by atoms with E-state index in [2.05, 4.69) is 29.5 Å². The van der Waals surface area contributed by atoms with Gasteiger partial charge in [0.2, 0.25) is 0 Å². The molecule has 0 amide bonds. The highest BCUT2D eigenvalue weighted by atomic mass is 35.5. The third kappa shape index (κ3) is 3.99. The number of hydrogen-bond acceptors (Lipinski definition) is 3. The standard InChI is InChI=1S/C16H22ClN3O/c1-4-14-16(17)15(20(3)19-14)11-18-10-12-7-6-8-13(9-12)21-5-2/h6-9,18H,4-5,10-11H2,1-3H3. The fourth-order valence-corrected chi connectivity index (χ4v) is 2.61. The largest absolute Gasteiger partial charge is 0.494 e. The lowest BCUT2D eigenvalue weighted by Crippen LogP contribution is -2.15. The summed E-state index contributed by atoms with van der Waals surface area (Å²) in [6.07, 6.45) is 0.850. The van der Waals surface area contributed by atoms with Gasteiger partial charge in [0.15, 0.2) is 0 Å². The number of hydrogen-bond donors (Lipinski definition) is 1. The molecular weight excluding hydrogens is 286 g/mol. The first kappa shape index (κ1) is 15.9. The molecule has 0 saturated heterocycles. The Morgan fingerprint density at radius 2 is 2.10 bits per heavy atom. The number of aromatic nitrogens is 2. The summed E-state index contributed by atoms with van der Waals surface area (Å²) < 4.78 is 7.36. The van der Waals surface area contributed by atoms with E-state index in [4.69, 9.17) is 16.3 Å². The van der Waals surface area contributed by atoms with Crippen LogP contribution in [0.3, 0.4) is 0 Å². The predicted molar refractivity (Wildman–Crippen MR) is 85.8 cm³/mol. The maximum Gasteiger partial charge on any atom is 0.119 e. The number of nitrogens with zero attached hydrogens (tertiary/aromatic N) is 2. The summed E-state index contributed by atoms with van der Waals surface area (Å²) in [5, 5.41) is 8.60. The summed E-state index contributed by atoms with van der Waals surface area (Å²) in [5.74, 6) is 0.906. The summed E-state index contributed by atoms with van der Waals surface area (Å²) >= 11 is 6.33. The van der Waals surface area contributed by atoms with Gasteiger partial charge in [-0.2, -0.15) is 5.10 Å². The van der Waals surface area contributed by atoms with Crippen LogP contribution >= 0.6 is 11.6 Å². The first-order valence-electron chi connectivity index (χ1n) is 7.28. The fraction of sp³-hybridized carbons (Fsp3) is 0.438. The first-order valence-corrected chi connectivity index (χ1v) is 7.66. The first-order chi connectivity index (χ1) is 10.2. The molecule has 5 heteroatoms. The predicted octanol–water partition coefficient (Wildman–Crippen LogP) is 3.32. The topological polar surface area (TPSA) is 39.1 Å². The molecule has 1 aromatic heterocycles. The van der Waals surface area contributed by atoms with Gasteiger partial charge in [-0.3, -0.25) is 4.68 Å². The fourth-order valence-electron chi connectivity index (χ4n) is 2.25. The summed E-state index contributed by atoms with van der Waals surface area (Å²) in [6.45, 7) is 6.19. The molecule has 0 aliphatic carbocycles. The molecule has 1 aromatic carbocycles. The van der Waals surface area contributed by atoms with Crippen molar-refractivity contribution in [2.24, 2.45) is 7.05 Å². The molecule has 0 radical (unpaired) electrons. The average Bonchev–Trinajstić information content (AvgIpc) is 2.75. The zero-order chi connectivity index (χ0) is 15.2. The molecule has 4 nitrogen and oxygen atoms in total. The Balaban J connectivity index is 1.95. The van der Waals surface area contributed by atoms with Gasteiger partial charge in [-0.05, 0) is 31.0 Å². The number of benzene rings is 1. The van der Waals surface area contributed by atoms with Crippen molar-refractivity contribution in [1.29, 1.82) is 0 Å². The smallest absolute Gasteiger partial charge is 0.119 e. The Morgan fingerprint density at radius 1 is 1.29 bits per heavy atom. The van der Waals surface area contributed by atoms with Crippen LogP contribution in [-0.2, 0) is 26.6 Å². The van der Waals surface area contributed by atoms with Crippen molar-refractivity contribution in [1.82, 2.24) is 15.1 Å². The average molecular weight is 308 g/mol. The zero-order valence-electron chi connectivity index (χ0n) is 12.8. The van der Waals surface area contributed by atoms with E-state index >= 15 is 0 Å². The normalized spacial score (nSPS) is 10.9. The molecule has 2 rings (SSSR count). The molecule has 0 aliphatic rings. The molecule has 2 aromatic rings. The van der Waals surface area contributed by atoms with Crippen molar-refractivity contribution in [2.45, 2.75) is 33.4 Å². The molecular formula is C16H22ClN3O. The monoisotopic (exact) mass is 307 g/mol. The van der Waals surface area contributed by atoms with Gasteiger partial charge in [-0.25, -0.2) is 0 Å². The minimum absolute atomic E-state index is 0.682. The molecule has 0 atom stereocenters. The molecule has 114 valence electrons. The van der Waals surface area contributed by atoms with Crippen molar-refractivity contribution in [3.63, 3.8) is 0 Å². The minimum atomic E-state index is 0.682. The van der Waals surface area contributed by atoms with E-state index in [1.54, 1.807) is 0 Å². The van der Waals surface area contributed by atoms with Crippen LogP contribution in [0.15, 0.2) is 24.3 Å². The maximum absolute atomic E-state index is 6.33. The number of halogens is 1. The summed E-state index contributed by atoms with van der Waals surface area (Å²) in [7, 11) is 1.93. The molecule has 1 N–H and O–H groups in total. The second kappa shape index (κ2) is 7.48. The molecule has 0 fully saturated rings. The van der Waals surface area contributed by atoms with Gasteiger partial charge < -0.3 is 10.1 Å². The van der Waals surface area contributed by atoms with Crippen LogP contribution in [0.25, 0.3) is 0 Å². The Kier molecular flexibility index (Phi) is 5.65. The van der Waals surface area contributed by atoms with Gasteiger partial charge in [-0.15, -0.1) is 0 Å². The highest BCUT2D eigenvalue weighted by Crippen LogP contribution is 2.20.